The largest absolute Gasteiger partial charge is 0.198 e. The third-order valence-electron chi connectivity index (χ3n) is 2.14. The van der Waals surface area contributed by atoms with Gasteiger partial charge in [0.1, 0.15) is 0 Å². The maximum absolute atomic E-state index is 3.97. The molecule has 0 fully saturated rings. The fourth-order valence-corrected chi connectivity index (χ4v) is 1.21. The zero-order valence-corrected chi connectivity index (χ0v) is 8.48. The first-order chi connectivity index (χ1) is 4.13. The molecule has 1 aliphatic carbocycles. The maximum Gasteiger partial charge on any atom is 0 e. The van der Waals surface area contributed by atoms with Crippen LogP contribution in [0.2, 0.25) is 0 Å². The van der Waals surface area contributed by atoms with Crippen molar-refractivity contribution in [3.05, 3.63) is 29.2 Å². The molecule has 0 radical (unpaired) electrons. The Morgan fingerprint density at radius 3 is 1.70 bits per heavy atom. The molecule has 0 saturated carbocycles. The molecule has 0 heterocycles. The molecule has 0 aliphatic heterocycles. The summed E-state index contributed by atoms with van der Waals surface area (Å²) in [6.07, 6.45) is 1.14. The Bertz CT molecular complexity index is 175. The molecule has 0 unspecified atom stereocenters. The first-order valence-electron chi connectivity index (χ1n) is 3.31. The van der Waals surface area contributed by atoms with Crippen LogP contribution < -0.4 is 0 Å². The zero-order chi connectivity index (χ0) is 7.02. The van der Waals surface area contributed by atoms with Gasteiger partial charge < -0.3 is 0 Å². The summed E-state index contributed by atoms with van der Waals surface area (Å²) in [6.45, 7) is 10.5. The molecule has 0 aromatic heterocycles. The van der Waals surface area contributed by atoms with E-state index in [9.17, 15) is 0 Å². The fourth-order valence-electron chi connectivity index (χ4n) is 1.21. The predicted octanol–water partition coefficient (Wildman–Crippen LogP) is 2.87. The topological polar surface area (TPSA) is 0 Å². The van der Waals surface area contributed by atoms with E-state index in [1.54, 1.807) is 0 Å². The van der Waals surface area contributed by atoms with Crippen molar-refractivity contribution >= 4 is 0 Å². The minimum absolute atomic E-state index is 0. The van der Waals surface area contributed by atoms with E-state index in [0.29, 0.717) is 0 Å². The SMILES string of the molecule is [CH2-]C1=C(C)CC(C)=C1C.[Ti]. The molecule has 10 heavy (non-hydrogen) atoms. The predicted molar refractivity (Wildman–Crippen MR) is 41.0 cm³/mol. The molecule has 0 amide bonds. The van der Waals surface area contributed by atoms with Crippen molar-refractivity contribution in [3.63, 3.8) is 0 Å². The summed E-state index contributed by atoms with van der Waals surface area (Å²) < 4.78 is 0. The van der Waals surface area contributed by atoms with Gasteiger partial charge >= 0.3 is 0 Å². The average molecular weight is 169 g/mol. The number of hydrogen-bond donors (Lipinski definition) is 0. The van der Waals surface area contributed by atoms with Crippen LogP contribution >= 0.6 is 0 Å². The first kappa shape index (κ1) is 10.1. The molecular weight excluding hydrogens is 156 g/mol. The minimum Gasteiger partial charge on any atom is -0.198 e. The molecule has 0 spiro atoms. The minimum atomic E-state index is 0. The third-order valence-corrected chi connectivity index (χ3v) is 2.14. The van der Waals surface area contributed by atoms with E-state index in [0.717, 1.165) is 6.42 Å². The van der Waals surface area contributed by atoms with Crippen molar-refractivity contribution in [2.45, 2.75) is 27.2 Å². The molecule has 1 heteroatoms. The summed E-state index contributed by atoms with van der Waals surface area (Å²) in [7, 11) is 0. The second-order valence-corrected chi connectivity index (χ2v) is 2.84. The van der Waals surface area contributed by atoms with Gasteiger partial charge in [-0.25, -0.2) is 0 Å². The van der Waals surface area contributed by atoms with E-state index in [1.165, 1.54) is 22.3 Å². The van der Waals surface area contributed by atoms with Gasteiger partial charge in [0.2, 0.25) is 0 Å². The van der Waals surface area contributed by atoms with Crippen LogP contribution in [0, 0.1) is 6.92 Å². The van der Waals surface area contributed by atoms with E-state index >= 15 is 0 Å². The van der Waals surface area contributed by atoms with E-state index in [4.69, 9.17) is 0 Å². The summed E-state index contributed by atoms with van der Waals surface area (Å²) in [5, 5.41) is 0. The molecule has 0 aromatic rings. The average Bonchev–Trinajstić information content (AvgIpc) is 1.98. The Kier molecular flexibility index (Phi) is 3.48. The van der Waals surface area contributed by atoms with Crippen molar-refractivity contribution in [1.29, 1.82) is 0 Å². The first-order valence-corrected chi connectivity index (χ1v) is 3.31. The van der Waals surface area contributed by atoms with Crippen LogP contribution in [0.4, 0.5) is 0 Å². The summed E-state index contributed by atoms with van der Waals surface area (Å²) in [5.74, 6) is 0. The molecule has 0 saturated heterocycles. The third kappa shape index (κ3) is 1.56. The molecule has 0 nitrogen and oxygen atoms in total. The molecule has 1 aliphatic rings. The van der Waals surface area contributed by atoms with Crippen molar-refractivity contribution in [1.82, 2.24) is 0 Å². The second-order valence-electron chi connectivity index (χ2n) is 2.84. The maximum atomic E-state index is 3.97. The summed E-state index contributed by atoms with van der Waals surface area (Å²) in [6, 6.07) is 0. The standard InChI is InChI=1S/C9H13.Ti/c1-6-5-7(2)9(4)8(6)3;/h3,5H2,1-2,4H3;/q-1;. The molecule has 0 aromatic carbocycles. The van der Waals surface area contributed by atoms with Gasteiger partial charge in [-0.3, -0.25) is 0 Å². The van der Waals surface area contributed by atoms with Crippen LogP contribution in [0.5, 0.6) is 0 Å². The van der Waals surface area contributed by atoms with E-state index in [1.807, 2.05) is 0 Å². The van der Waals surface area contributed by atoms with Gasteiger partial charge in [0.15, 0.2) is 0 Å². The molecule has 54 valence electrons. The van der Waals surface area contributed by atoms with Gasteiger partial charge in [0.05, 0.1) is 0 Å². The molecular formula is C9H13Ti-. The summed E-state index contributed by atoms with van der Waals surface area (Å²) >= 11 is 0. The monoisotopic (exact) mass is 169 g/mol. The Morgan fingerprint density at radius 2 is 1.60 bits per heavy atom. The van der Waals surface area contributed by atoms with Gasteiger partial charge in [0, 0.05) is 21.7 Å². The normalized spacial score (nSPS) is 17.9. The quantitative estimate of drug-likeness (QED) is 0.386. The summed E-state index contributed by atoms with van der Waals surface area (Å²) in [4.78, 5) is 0. The Balaban J connectivity index is 0.000000810. The zero-order valence-electron chi connectivity index (χ0n) is 6.91. The van der Waals surface area contributed by atoms with Crippen molar-refractivity contribution < 1.29 is 21.7 Å². The van der Waals surface area contributed by atoms with Gasteiger partial charge in [-0.05, 0) is 0 Å². The Hall–Kier alpha value is 0.0643. The van der Waals surface area contributed by atoms with Crippen molar-refractivity contribution in [2.75, 3.05) is 0 Å². The molecule has 0 N–H and O–H groups in total. The van der Waals surface area contributed by atoms with Crippen LogP contribution in [0.25, 0.3) is 0 Å². The number of rotatable bonds is 0. The van der Waals surface area contributed by atoms with Crippen LogP contribution in [0.15, 0.2) is 22.3 Å². The van der Waals surface area contributed by atoms with E-state index in [-0.39, 0.29) is 21.7 Å². The molecule has 1 rings (SSSR count). The smallest absolute Gasteiger partial charge is 0 e. The number of allylic oxidation sites excluding steroid dienone is 4. The van der Waals surface area contributed by atoms with Crippen LogP contribution in [-0.2, 0) is 21.7 Å². The van der Waals surface area contributed by atoms with E-state index in [2.05, 4.69) is 27.7 Å². The van der Waals surface area contributed by atoms with Crippen LogP contribution in [0.1, 0.15) is 27.2 Å². The second kappa shape index (κ2) is 3.45. The number of hydrogen-bond acceptors (Lipinski definition) is 0. The summed E-state index contributed by atoms with van der Waals surface area (Å²) in [5.41, 5.74) is 5.57. The van der Waals surface area contributed by atoms with Gasteiger partial charge in [0.25, 0.3) is 0 Å². The van der Waals surface area contributed by atoms with Crippen LogP contribution in [-0.4, -0.2) is 0 Å². The van der Waals surface area contributed by atoms with Gasteiger partial charge in [-0.15, -0.1) is 5.57 Å². The van der Waals surface area contributed by atoms with Gasteiger partial charge in [-0.2, -0.15) is 23.6 Å². The fraction of sp³-hybridized carbons (Fsp3) is 0.444. The van der Waals surface area contributed by atoms with E-state index < -0.39 is 0 Å². The Morgan fingerprint density at radius 1 is 1.10 bits per heavy atom. The van der Waals surface area contributed by atoms with Crippen LogP contribution in [0.3, 0.4) is 0 Å². The Labute approximate surface area is 78.3 Å². The molecule has 0 bridgehead atoms. The van der Waals surface area contributed by atoms with Crippen molar-refractivity contribution in [2.24, 2.45) is 0 Å². The van der Waals surface area contributed by atoms with Crippen molar-refractivity contribution in [3.8, 4) is 0 Å². The van der Waals surface area contributed by atoms with Gasteiger partial charge in [-0.1, -0.05) is 27.2 Å². The molecule has 0 atom stereocenters.